The van der Waals surface area contributed by atoms with Gasteiger partial charge >= 0.3 is 0 Å². The lowest BCUT2D eigenvalue weighted by atomic mass is 10.1. The molecule has 10 heavy (non-hydrogen) atoms. The summed E-state index contributed by atoms with van der Waals surface area (Å²) in [4.78, 5) is 0. The van der Waals surface area contributed by atoms with Crippen LogP contribution in [-0.4, -0.2) is 34.8 Å². The molecule has 0 aromatic rings. The van der Waals surface area contributed by atoms with E-state index < -0.39 is 0 Å². The van der Waals surface area contributed by atoms with E-state index in [1.54, 1.807) is 0 Å². The van der Waals surface area contributed by atoms with Gasteiger partial charge in [-0.2, -0.15) is 0 Å². The molecule has 0 aromatic carbocycles. The normalized spacial score (nSPS) is 43.5. The quantitative estimate of drug-likeness (QED) is 0.609. The first-order chi connectivity index (χ1) is 4.35. The van der Waals surface area contributed by atoms with Crippen LogP contribution in [0.1, 0.15) is 6.42 Å². The van der Waals surface area contributed by atoms with Crippen LogP contribution in [0, 0.1) is 0 Å². The molecule has 2 bridgehead atoms. The van der Waals surface area contributed by atoms with E-state index in [0.717, 1.165) is 6.54 Å². The molecule has 2 atom stereocenters. The Hall–Kier alpha value is 0.560. The molecular formula is C6H12ClNOS. The molecule has 0 aliphatic carbocycles. The summed E-state index contributed by atoms with van der Waals surface area (Å²) in [6.07, 6.45) is 1.17. The van der Waals surface area contributed by atoms with Crippen LogP contribution in [0.15, 0.2) is 0 Å². The highest BCUT2D eigenvalue weighted by atomic mass is 35.5. The van der Waals surface area contributed by atoms with Crippen LogP contribution < -0.4 is 5.32 Å². The van der Waals surface area contributed by atoms with Gasteiger partial charge in [0.1, 0.15) is 0 Å². The number of hydrogen-bond donors (Lipinski definition) is 2. The van der Waals surface area contributed by atoms with Gasteiger partial charge in [-0.05, 0) is 6.42 Å². The zero-order valence-electron chi connectivity index (χ0n) is 5.67. The molecule has 0 radical (unpaired) electrons. The summed E-state index contributed by atoms with van der Waals surface area (Å²) in [6, 6.07) is 0.696. The molecule has 2 nitrogen and oxygen atoms in total. The van der Waals surface area contributed by atoms with E-state index in [1.807, 2.05) is 11.8 Å². The molecule has 2 saturated heterocycles. The molecule has 2 rings (SSSR count). The molecule has 2 N–H and O–H groups in total. The smallest absolute Gasteiger partial charge is 0.0591 e. The van der Waals surface area contributed by atoms with E-state index >= 15 is 0 Å². The first-order valence-electron chi connectivity index (χ1n) is 3.33. The van der Waals surface area contributed by atoms with Crippen molar-refractivity contribution in [2.24, 2.45) is 0 Å². The van der Waals surface area contributed by atoms with E-state index in [2.05, 4.69) is 5.32 Å². The summed E-state index contributed by atoms with van der Waals surface area (Å²) in [5, 5.41) is 12.3. The zero-order valence-corrected chi connectivity index (χ0v) is 7.30. The minimum atomic E-state index is 0. The fourth-order valence-electron chi connectivity index (χ4n) is 1.60. The van der Waals surface area contributed by atoms with Gasteiger partial charge in [0.2, 0.25) is 0 Å². The van der Waals surface area contributed by atoms with E-state index in [1.165, 1.54) is 12.2 Å². The van der Waals surface area contributed by atoms with E-state index in [0.29, 0.717) is 12.6 Å². The average molecular weight is 182 g/mol. The van der Waals surface area contributed by atoms with Crippen molar-refractivity contribution in [1.82, 2.24) is 5.32 Å². The number of halogens is 1. The predicted molar refractivity (Wildman–Crippen MR) is 45.9 cm³/mol. The highest BCUT2D eigenvalue weighted by Gasteiger charge is 2.44. The highest BCUT2D eigenvalue weighted by molar-refractivity contribution is 8.01. The second-order valence-electron chi connectivity index (χ2n) is 2.93. The molecule has 0 unspecified atom stereocenters. The maximum absolute atomic E-state index is 8.98. The Kier molecular flexibility index (Phi) is 2.50. The van der Waals surface area contributed by atoms with Crippen LogP contribution in [0.3, 0.4) is 0 Å². The van der Waals surface area contributed by atoms with Crippen LogP contribution in [0.25, 0.3) is 0 Å². The topological polar surface area (TPSA) is 32.3 Å². The van der Waals surface area contributed by atoms with Crippen LogP contribution in [0.4, 0.5) is 0 Å². The van der Waals surface area contributed by atoms with Crippen molar-refractivity contribution in [3.05, 3.63) is 0 Å². The lowest BCUT2D eigenvalue weighted by molar-refractivity contribution is 0.257. The molecule has 2 heterocycles. The minimum absolute atomic E-state index is 0. The zero-order chi connectivity index (χ0) is 6.32. The van der Waals surface area contributed by atoms with Crippen molar-refractivity contribution in [2.45, 2.75) is 17.2 Å². The van der Waals surface area contributed by atoms with E-state index in [-0.39, 0.29) is 17.2 Å². The third kappa shape index (κ3) is 1.16. The maximum atomic E-state index is 8.98. The number of aliphatic hydroxyl groups excluding tert-OH is 1. The predicted octanol–water partition coefficient (Wildman–Crippen LogP) is 0.248. The Morgan fingerprint density at radius 2 is 2.50 bits per heavy atom. The Morgan fingerprint density at radius 1 is 1.70 bits per heavy atom. The van der Waals surface area contributed by atoms with Gasteiger partial charge in [0.25, 0.3) is 0 Å². The Morgan fingerprint density at radius 3 is 2.70 bits per heavy atom. The maximum Gasteiger partial charge on any atom is 0.0591 e. The number of nitrogens with one attached hydrogen (secondary N) is 1. The first-order valence-corrected chi connectivity index (χ1v) is 4.31. The number of hydrogen-bond acceptors (Lipinski definition) is 3. The standard InChI is InChI=1S/C6H11NOS.ClH/c8-4-6-1-5(2-9-6)7-3-6;/h5,7-8H,1-4H2;1H/t5-,6-;/m0./s1. The van der Waals surface area contributed by atoms with Crippen LogP contribution >= 0.6 is 24.2 Å². The minimum Gasteiger partial charge on any atom is -0.395 e. The molecular weight excluding hydrogens is 170 g/mol. The number of thioether (sulfide) groups is 1. The van der Waals surface area contributed by atoms with Crippen LogP contribution in [-0.2, 0) is 0 Å². The van der Waals surface area contributed by atoms with Gasteiger partial charge in [0.05, 0.1) is 11.4 Å². The lowest BCUT2D eigenvalue weighted by Crippen LogP contribution is -2.35. The van der Waals surface area contributed by atoms with Gasteiger partial charge in [0.15, 0.2) is 0 Å². The molecule has 0 spiro atoms. The van der Waals surface area contributed by atoms with Gasteiger partial charge in [-0.25, -0.2) is 0 Å². The van der Waals surface area contributed by atoms with Crippen LogP contribution in [0.2, 0.25) is 0 Å². The summed E-state index contributed by atoms with van der Waals surface area (Å²) in [5.41, 5.74) is 0. The van der Waals surface area contributed by atoms with Gasteiger partial charge in [-0.3, -0.25) is 0 Å². The van der Waals surface area contributed by atoms with Crippen molar-refractivity contribution in [2.75, 3.05) is 18.9 Å². The van der Waals surface area contributed by atoms with Gasteiger partial charge in [-0.1, -0.05) is 0 Å². The van der Waals surface area contributed by atoms with Crippen molar-refractivity contribution >= 4 is 24.2 Å². The second-order valence-corrected chi connectivity index (χ2v) is 4.42. The van der Waals surface area contributed by atoms with Crippen molar-refractivity contribution in [3.63, 3.8) is 0 Å². The average Bonchev–Trinajstić information content (AvgIpc) is 2.46. The molecule has 2 aliphatic heterocycles. The third-order valence-electron chi connectivity index (χ3n) is 2.21. The summed E-state index contributed by atoms with van der Waals surface area (Å²) in [7, 11) is 0. The molecule has 0 aromatic heterocycles. The molecule has 60 valence electrons. The summed E-state index contributed by atoms with van der Waals surface area (Å²) in [6.45, 7) is 1.36. The highest BCUT2D eigenvalue weighted by Crippen LogP contribution is 2.41. The molecule has 0 saturated carbocycles. The number of fused-ring (bicyclic) bond motifs is 2. The lowest BCUT2D eigenvalue weighted by Gasteiger charge is -2.22. The molecule has 2 fully saturated rings. The molecule has 2 aliphatic rings. The fraction of sp³-hybridized carbons (Fsp3) is 1.00. The molecule has 0 amide bonds. The molecule has 4 heteroatoms. The Bertz CT molecular complexity index is 125. The van der Waals surface area contributed by atoms with Gasteiger partial charge in [-0.15, -0.1) is 24.2 Å². The summed E-state index contributed by atoms with van der Waals surface area (Å²) in [5.74, 6) is 1.20. The van der Waals surface area contributed by atoms with Crippen LogP contribution in [0.5, 0.6) is 0 Å². The van der Waals surface area contributed by atoms with Crippen molar-refractivity contribution < 1.29 is 5.11 Å². The van der Waals surface area contributed by atoms with Crippen molar-refractivity contribution in [3.8, 4) is 0 Å². The summed E-state index contributed by atoms with van der Waals surface area (Å²) >= 11 is 1.93. The van der Waals surface area contributed by atoms with E-state index in [4.69, 9.17) is 5.11 Å². The monoisotopic (exact) mass is 181 g/mol. The summed E-state index contributed by atoms with van der Waals surface area (Å²) < 4.78 is 0.213. The first kappa shape index (κ1) is 8.65. The van der Waals surface area contributed by atoms with Gasteiger partial charge < -0.3 is 10.4 Å². The second kappa shape index (κ2) is 2.89. The van der Waals surface area contributed by atoms with E-state index in [9.17, 15) is 0 Å². The Balaban J connectivity index is 0.000000500. The third-order valence-corrected chi connectivity index (χ3v) is 3.83. The Labute approximate surface area is 71.2 Å². The number of rotatable bonds is 1. The van der Waals surface area contributed by atoms with Gasteiger partial charge in [0, 0.05) is 18.3 Å². The fourth-order valence-corrected chi connectivity index (χ4v) is 2.98. The van der Waals surface area contributed by atoms with Crippen molar-refractivity contribution in [1.29, 1.82) is 0 Å². The largest absolute Gasteiger partial charge is 0.395 e. The number of aliphatic hydroxyl groups is 1. The SMILES string of the molecule is Cl.OC[C@]12CN[C@H](CS1)C2.